The average Bonchev–Trinajstić information content (AvgIpc) is 2.11. The third-order valence-corrected chi connectivity index (χ3v) is 3.16. The van der Waals surface area contributed by atoms with Crippen molar-refractivity contribution in [3.63, 3.8) is 0 Å². The van der Waals surface area contributed by atoms with E-state index < -0.39 is 0 Å². The molecule has 0 aromatic carbocycles. The summed E-state index contributed by atoms with van der Waals surface area (Å²) in [5.74, 6) is 0. The number of hydrogen-bond donors (Lipinski definition) is 3. The van der Waals surface area contributed by atoms with Gasteiger partial charge in [0.2, 0.25) is 0 Å². The maximum absolute atomic E-state index is 6.28. The van der Waals surface area contributed by atoms with Gasteiger partial charge in [-0.1, -0.05) is 12.8 Å². The Bertz CT molecular complexity index is 162. The van der Waals surface area contributed by atoms with E-state index in [0.29, 0.717) is 6.54 Å². The summed E-state index contributed by atoms with van der Waals surface area (Å²) < 4.78 is 0. The van der Waals surface area contributed by atoms with E-state index in [1.165, 1.54) is 12.8 Å². The highest BCUT2D eigenvalue weighted by Gasteiger charge is 2.37. The highest BCUT2D eigenvalue weighted by atomic mass is 15.3. The predicted octanol–water partition coefficient (Wildman–Crippen LogP) is -0.567. The van der Waals surface area contributed by atoms with Crippen LogP contribution in [0.3, 0.4) is 0 Å². The molecule has 0 amide bonds. The van der Waals surface area contributed by atoms with Gasteiger partial charge in [0.25, 0.3) is 0 Å². The Kier molecular flexibility index (Phi) is 3.67. The molecule has 6 N–H and O–H groups in total. The van der Waals surface area contributed by atoms with Crippen LogP contribution in [0.1, 0.15) is 25.7 Å². The van der Waals surface area contributed by atoms with Gasteiger partial charge in [-0.05, 0) is 19.9 Å². The molecule has 2 atom stereocenters. The zero-order valence-electron chi connectivity index (χ0n) is 8.50. The zero-order valence-corrected chi connectivity index (χ0v) is 8.50. The summed E-state index contributed by atoms with van der Waals surface area (Å²) in [6.45, 7) is 1.46. The van der Waals surface area contributed by atoms with Gasteiger partial charge in [0.05, 0.1) is 5.66 Å². The van der Waals surface area contributed by atoms with Gasteiger partial charge < -0.3 is 17.2 Å². The molecule has 78 valence electrons. The molecular weight excluding hydrogens is 164 g/mol. The predicted molar refractivity (Wildman–Crippen MR) is 55.0 cm³/mol. The van der Waals surface area contributed by atoms with Crippen LogP contribution >= 0.6 is 0 Å². The lowest BCUT2D eigenvalue weighted by Crippen LogP contribution is -2.66. The lowest BCUT2D eigenvalue weighted by atomic mass is 9.84. The summed E-state index contributed by atoms with van der Waals surface area (Å²) in [4.78, 5) is 2.11. The minimum atomic E-state index is -0.322. The molecule has 0 spiro atoms. The monoisotopic (exact) mass is 186 g/mol. The fourth-order valence-corrected chi connectivity index (χ4v) is 2.08. The molecule has 1 aliphatic rings. The number of rotatable bonds is 3. The fourth-order valence-electron chi connectivity index (χ4n) is 2.08. The van der Waals surface area contributed by atoms with Crippen LogP contribution in [0.25, 0.3) is 0 Å². The minimum absolute atomic E-state index is 0.0952. The van der Waals surface area contributed by atoms with E-state index in [1.54, 1.807) is 0 Å². The molecule has 13 heavy (non-hydrogen) atoms. The van der Waals surface area contributed by atoms with Gasteiger partial charge in [-0.3, -0.25) is 4.90 Å². The zero-order chi connectivity index (χ0) is 9.90. The van der Waals surface area contributed by atoms with E-state index >= 15 is 0 Å². The highest BCUT2D eigenvalue weighted by molar-refractivity contribution is 4.95. The summed E-state index contributed by atoms with van der Waals surface area (Å²) in [6, 6.07) is 0.0952. The highest BCUT2D eigenvalue weighted by Crippen LogP contribution is 2.27. The normalized spacial score (nSPS) is 35.3. The summed E-state index contributed by atoms with van der Waals surface area (Å²) in [6.07, 6.45) is 4.41. The third kappa shape index (κ3) is 2.20. The molecule has 4 heteroatoms. The van der Waals surface area contributed by atoms with Crippen molar-refractivity contribution in [3.05, 3.63) is 0 Å². The van der Waals surface area contributed by atoms with Gasteiger partial charge in [0.1, 0.15) is 0 Å². The molecule has 2 unspecified atom stereocenters. The minimum Gasteiger partial charge on any atom is -0.329 e. The first-order valence-electron chi connectivity index (χ1n) is 5.07. The van der Waals surface area contributed by atoms with Crippen LogP contribution in [-0.2, 0) is 0 Å². The molecule has 0 aromatic rings. The lowest BCUT2D eigenvalue weighted by Gasteiger charge is -2.45. The Morgan fingerprint density at radius 1 is 1.46 bits per heavy atom. The number of nitrogens with zero attached hydrogens (tertiary/aromatic N) is 1. The Morgan fingerprint density at radius 3 is 2.69 bits per heavy atom. The molecule has 0 heterocycles. The van der Waals surface area contributed by atoms with E-state index in [-0.39, 0.29) is 11.7 Å². The van der Waals surface area contributed by atoms with Crippen LogP contribution in [0.15, 0.2) is 0 Å². The van der Waals surface area contributed by atoms with Crippen LogP contribution < -0.4 is 17.2 Å². The summed E-state index contributed by atoms with van der Waals surface area (Å²) in [5, 5.41) is 0. The van der Waals surface area contributed by atoms with Crippen LogP contribution in [0.2, 0.25) is 0 Å². The second kappa shape index (κ2) is 4.37. The number of nitrogens with two attached hydrogens (primary N) is 3. The van der Waals surface area contributed by atoms with Gasteiger partial charge in [0.15, 0.2) is 0 Å². The molecule has 1 fully saturated rings. The van der Waals surface area contributed by atoms with Crippen LogP contribution in [0, 0.1) is 0 Å². The summed E-state index contributed by atoms with van der Waals surface area (Å²) in [7, 11) is 2.01. The molecule has 0 radical (unpaired) electrons. The smallest absolute Gasteiger partial charge is 0.0840 e. The molecule has 1 saturated carbocycles. The van der Waals surface area contributed by atoms with Crippen molar-refractivity contribution in [2.75, 3.05) is 20.1 Å². The molecule has 0 aliphatic heterocycles. The average molecular weight is 186 g/mol. The largest absolute Gasteiger partial charge is 0.329 e. The summed E-state index contributed by atoms with van der Waals surface area (Å²) in [5.41, 5.74) is 17.5. The van der Waals surface area contributed by atoms with Gasteiger partial charge >= 0.3 is 0 Å². The molecule has 1 rings (SSSR count). The second-order valence-electron chi connectivity index (χ2n) is 4.05. The Balaban J connectivity index is 2.59. The van der Waals surface area contributed by atoms with Crippen molar-refractivity contribution < 1.29 is 0 Å². The first-order chi connectivity index (χ1) is 6.11. The summed E-state index contributed by atoms with van der Waals surface area (Å²) >= 11 is 0. The number of likely N-dealkylation sites (N-methyl/N-ethyl adjacent to an activating group) is 1. The van der Waals surface area contributed by atoms with Crippen LogP contribution in [0.5, 0.6) is 0 Å². The van der Waals surface area contributed by atoms with Gasteiger partial charge in [-0.2, -0.15) is 0 Å². The molecule has 0 aromatic heterocycles. The van der Waals surface area contributed by atoms with Crippen molar-refractivity contribution in [2.24, 2.45) is 17.2 Å². The van der Waals surface area contributed by atoms with E-state index in [2.05, 4.69) is 4.90 Å². The maximum atomic E-state index is 6.28. The van der Waals surface area contributed by atoms with Crippen molar-refractivity contribution in [1.82, 2.24) is 4.90 Å². The van der Waals surface area contributed by atoms with Crippen molar-refractivity contribution in [1.29, 1.82) is 0 Å². The molecule has 4 nitrogen and oxygen atoms in total. The molecular formula is C9H22N4. The van der Waals surface area contributed by atoms with Crippen molar-refractivity contribution in [2.45, 2.75) is 37.4 Å². The van der Waals surface area contributed by atoms with E-state index in [4.69, 9.17) is 17.2 Å². The van der Waals surface area contributed by atoms with Crippen LogP contribution in [-0.4, -0.2) is 36.7 Å². The number of hydrogen-bond acceptors (Lipinski definition) is 4. The lowest BCUT2D eigenvalue weighted by molar-refractivity contribution is 0.0631. The van der Waals surface area contributed by atoms with Gasteiger partial charge in [-0.15, -0.1) is 0 Å². The first kappa shape index (κ1) is 10.9. The maximum Gasteiger partial charge on any atom is 0.0840 e. The Labute approximate surface area is 80.4 Å². The van der Waals surface area contributed by atoms with Crippen molar-refractivity contribution >= 4 is 0 Å². The molecule has 1 aliphatic carbocycles. The van der Waals surface area contributed by atoms with E-state index in [0.717, 1.165) is 19.4 Å². The topological polar surface area (TPSA) is 81.3 Å². The Hall–Kier alpha value is -0.160. The van der Waals surface area contributed by atoms with Crippen LogP contribution in [0.4, 0.5) is 0 Å². The molecule has 0 bridgehead atoms. The second-order valence-corrected chi connectivity index (χ2v) is 4.05. The SMILES string of the molecule is CN(CCN)C1(N)CCCCC1N. The fraction of sp³-hybridized carbons (Fsp3) is 1.00. The first-order valence-corrected chi connectivity index (χ1v) is 5.07. The van der Waals surface area contributed by atoms with E-state index in [9.17, 15) is 0 Å². The third-order valence-electron chi connectivity index (χ3n) is 3.16. The standard InChI is InChI=1S/C9H22N4/c1-13(7-6-10)9(12)5-3-2-4-8(9)11/h8H,2-7,10-12H2,1H3. The van der Waals surface area contributed by atoms with Gasteiger partial charge in [-0.25, -0.2) is 0 Å². The quantitative estimate of drug-likeness (QED) is 0.516. The Morgan fingerprint density at radius 2 is 2.15 bits per heavy atom. The molecule has 0 saturated heterocycles. The van der Waals surface area contributed by atoms with Gasteiger partial charge in [0, 0.05) is 19.1 Å². The van der Waals surface area contributed by atoms with E-state index in [1.807, 2.05) is 7.05 Å². The van der Waals surface area contributed by atoms with Crippen molar-refractivity contribution in [3.8, 4) is 0 Å².